The summed E-state index contributed by atoms with van der Waals surface area (Å²) in [6.45, 7) is -0.0586. The lowest BCUT2D eigenvalue weighted by molar-refractivity contribution is -0.210. The van der Waals surface area contributed by atoms with E-state index >= 15 is 0 Å². The first kappa shape index (κ1) is 8.93. The summed E-state index contributed by atoms with van der Waals surface area (Å²) in [6, 6.07) is 0. The molecule has 1 heterocycles. The van der Waals surface area contributed by atoms with Gasteiger partial charge in [-0.1, -0.05) is 0 Å². The molecule has 1 rings (SSSR count). The Bertz CT molecular complexity index is 105. The molecule has 3 atom stereocenters. The summed E-state index contributed by atoms with van der Waals surface area (Å²) < 4.78 is 10.1. The van der Waals surface area contributed by atoms with Crippen molar-refractivity contribution < 1.29 is 19.7 Å². The molecule has 1 aliphatic rings. The summed E-state index contributed by atoms with van der Waals surface area (Å²) in [5, 5.41) is 18.0. The molecule has 0 unspecified atom stereocenters. The average Bonchev–Trinajstić information content (AvgIpc) is 2.03. The van der Waals surface area contributed by atoms with Crippen molar-refractivity contribution in [2.24, 2.45) is 0 Å². The molecule has 0 aromatic rings. The van der Waals surface area contributed by atoms with E-state index < -0.39 is 6.10 Å². The largest absolute Gasteiger partial charge is 0.394 e. The van der Waals surface area contributed by atoms with E-state index in [4.69, 9.17) is 14.6 Å². The normalized spacial score (nSPS) is 39.0. The second-order valence-electron chi connectivity index (χ2n) is 2.73. The maximum atomic E-state index is 9.24. The molecule has 0 radical (unpaired) electrons. The summed E-state index contributed by atoms with van der Waals surface area (Å²) in [5.41, 5.74) is 0. The van der Waals surface area contributed by atoms with Gasteiger partial charge in [-0.25, -0.2) is 0 Å². The van der Waals surface area contributed by atoms with Gasteiger partial charge in [-0.05, 0) is 0 Å². The highest BCUT2D eigenvalue weighted by Gasteiger charge is 2.27. The Hall–Kier alpha value is -0.160. The topological polar surface area (TPSA) is 58.9 Å². The van der Waals surface area contributed by atoms with Gasteiger partial charge in [-0.15, -0.1) is 0 Å². The molecule has 0 aromatic carbocycles. The van der Waals surface area contributed by atoms with Gasteiger partial charge in [-0.2, -0.15) is 0 Å². The van der Waals surface area contributed by atoms with Crippen molar-refractivity contribution in [3.05, 3.63) is 0 Å². The Morgan fingerprint density at radius 1 is 1.55 bits per heavy atom. The van der Waals surface area contributed by atoms with Crippen molar-refractivity contribution in [1.82, 2.24) is 0 Å². The third-order valence-electron chi connectivity index (χ3n) is 1.81. The number of methoxy groups -OCH3 is 1. The molecule has 4 nitrogen and oxygen atoms in total. The van der Waals surface area contributed by atoms with Crippen LogP contribution in [0.25, 0.3) is 0 Å². The minimum atomic E-state index is -0.411. The molecule has 11 heavy (non-hydrogen) atoms. The molecular weight excluding hydrogens is 148 g/mol. The first-order valence-corrected chi connectivity index (χ1v) is 3.73. The number of rotatable bonds is 2. The molecule has 0 aliphatic carbocycles. The second kappa shape index (κ2) is 4.01. The van der Waals surface area contributed by atoms with Gasteiger partial charge < -0.3 is 19.7 Å². The third kappa shape index (κ3) is 2.41. The molecule has 66 valence electrons. The first-order valence-electron chi connectivity index (χ1n) is 3.73. The maximum Gasteiger partial charge on any atom is 0.160 e. The van der Waals surface area contributed by atoms with Crippen LogP contribution in [0.4, 0.5) is 0 Å². The number of aliphatic hydroxyl groups excluding tert-OH is 2. The van der Waals surface area contributed by atoms with Crippen molar-refractivity contribution >= 4 is 0 Å². The van der Waals surface area contributed by atoms with Crippen LogP contribution in [0.2, 0.25) is 0 Å². The van der Waals surface area contributed by atoms with Crippen LogP contribution in [0.5, 0.6) is 0 Å². The molecule has 0 saturated carbocycles. The Balaban J connectivity index is 2.37. The summed E-state index contributed by atoms with van der Waals surface area (Å²) in [4.78, 5) is 0. The fourth-order valence-corrected chi connectivity index (χ4v) is 1.22. The molecule has 4 heteroatoms. The van der Waals surface area contributed by atoms with Crippen molar-refractivity contribution in [3.8, 4) is 0 Å². The monoisotopic (exact) mass is 162 g/mol. The van der Waals surface area contributed by atoms with E-state index in [-0.39, 0.29) is 19.0 Å². The van der Waals surface area contributed by atoms with E-state index in [1.807, 2.05) is 0 Å². The standard InChI is InChI=1S/C7H14O4/c1-10-7-3-5(9)2-6(4-8)11-7/h5-9H,2-4H2,1H3/t5-,6+,7-/m0/s1. The van der Waals surface area contributed by atoms with Gasteiger partial charge in [0, 0.05) is 20.0 Å². The van der Waals surface area contributed by atoms with Crippen LogP contribution in [-0.2, 0) is 9.47 Å². The molecule has 1 fully saturated rings. The number of aliphatic hydroxyl groups is 2. The first-order chi connectivity index (χ1) is 5.26. The highest BCUT2D eigenvalue weighted by molar-refractivity contribution is 4.72. The van der Waals surface area contributed by atoms with E-state index in [0.717, 1.165) is 0 Å². The van der Waals surface area contributed by atoms with E-state index in [2.05, 4.69) is 0 Å². The molecule has 0 amide bonds. The maximum absolute atomic E-state index is 9.24. The molecule has 0 bridgehead atoms. The van der Waals surface area contributed by atoms with Crippen LogP contribution in [0.15, 0.2) is 0 Å². The van der Waals surface area contributed by atoms with Crippen LogP contribution in [0.1, 0.15) is 12.8 Å². The van der Waals surface area contributed by atoms with Gasteiger partial charge in [0.05, 0.1) is 18.8 Å². The molecule has 0 aromatic heterocycles. The van der Waals surface area contributed by atoms with Crippen LogP contribution in [-0.4, -0.2) is 42.4 Å². The third-order valence-corrected chi connectivity index (χ3v) is 1.81. The summed E-state index contributed by atoms with van der Waals surface area (Å²) in [6.07, 6.45) is -0.0611. The van der Waals surface area contributed by atoms with Gasteiger partial charge in [0.25, 0.3) is 0 Å². The highest BCUT2D eigenvalue weighted by Crippen LogP contribution is 2.19. The number of ether oxygens (including phenoxy) is 2. The number of hydrogen-bond donors (Lipinski definition) is 2. The summed E-state index contributed by atoms with van der Waals surface area (Å²) >= 11 is 0. The number of hydrogen-bond acceptors (Lipinski definition) is 4. The average molecular weight is 162 g/mol. The van der Waals surface area contributed by atoms with E-state index in [0.29, 0.717) is 12.8 Å². The van der Waals surface area contributed by atoms with E-state index in [1.165, 1.54) is 7.11 Å². The van der Waals surface area contributed by atoms with Crippen molar-refractivity contribution in [3.63, 3.8) is 0 Å². The smallest absolute Gasteiger partial charge is 0.160 e. The SMILES string of the molecule is CO[C@@H]1C[C@@H](O)C[C@H](CO)O1. The van der Waals surface area contributed by atoms with Crippen LogP contribution in [0, 0.1) is 0 Å². The molecule has 0 spiro atoms. The predicted molar refractivity (Wildman–Crippen MR) is 38.0 cm³/mol. The van der Waals surface area contributed by atoms with Crippen molar-refractivity contribution in [2.75, 3.05) is 13.7 Å². The fourth-order valence-electron chi connectivity index (χ4n) is 1.22. The zero-order chi connectivity index (χ0) is 8.27. The molecule has 2 N–H and O–H groups in total. The van der Waals surface area contributed by atoms with Crippen molar-refractivity contribution in [1.29, 1.82) is 0 Å². The van der Waals surface area contributed by atoms with Gasteiger partial charge in [0.15, 0.2) is 6.29 Å². The van der Waals surface area contributed by atoms with Gasteiger partial charge in [0.2, 0.25) is 0 Å². The Kier molecular flexibility index (Phi) is 3.26. The van der Waals surface area contributed by atoms with Gasteiger partial charge in [-0.3, -0.25) is 0 Å². The lowest BCUT2D eigenvalue weighted by Gasteiger charge is -2.30. The van der Waals surface area contributed by atoms with Gasteiger partial charge in [0.1, 0.15) is 0 Å². The lowest BCUT2D eigenvalue weighted by Crippen LogP contribution is -2.38. The van der Waals surface area contributed by atoms with E-state index in [1.54, 1.807) is 0 Å². The van der Waals surface area contributed by atoms with E-state index in [9.17, 15) is 5.11 Å². The Morgan fingerprint density at radius 3 is 2.82 bits per heavy atom. The second-order valence-corrected chi connectivity index (χ2v) is 2.73. The minimum absolute atomic E-state index is 0.0586. The minimum Gasteiger partial charge on any atom is -0.394 e. The molecule has 1 saturated heterocycles. The lowest BCUT2D eigenvalue weighted by atomic mass is 10.1. The Morgan fingerprint density at radius 2 is 2.27 bits per heavy atom. The molecule has 1 aliphatic heterocycles. The van der Waals surface area contributed by atoms with Crippen LogP contribution < -0.4 is 0 Å². The quantitative estimate of drug-likeness (QED) is 0.574. The zero-order valence-electron chi connectivity index (χ0n) is 6.56. The van der Waals surface area contributed by atoms with Crippen LogP contribution in [0.3, 0.4) is 0 Å². The van der Waals surface area contributed by atoms with Crippen LogP contribution >= 0.6 is 0 Å². The Labute approximate surface area is 65.7 Å². The van der Waals surface area contributed by atoms with Crippen molar-refractivity contribution in [2.45, 2.75) is 31.3 Å². The summed E-state index contributed by atoms with van der Waals surface area (Å²) in [7, 11) is 1.52. The summed E-state index contributed by atoms with van der Waals surface area (Å²) in [5.74, 6) is 0. The fraction of sp³-hybridized carbons (Fsp3) is 1.00. The predicted octanol–water partition coefficient (Wildman–Crippen LogP) is -0.509. The highest BCUT2D eigenvalue weighted by atomic mass is 16.7. The van der Waals surface area contributed by atoms with Gasteiger partial charge >= 0.3 is 0 Å². The zero-order valence-corrected chi connectivity index (χ0v) is 6.56. The molecular formula is C7H14O4.